The predicted molar refractivity (Wildman–Crippen MR) is 65.2 cm³/mol. The van der Waals surface area contributed by atoms with Crippen molar-refractivity contribution in [1.82, 2.24) is 5.32 Å². The van der Waals surface area contributed by atoms with Crippen LogP contribution in [0.15, 0.2) is 10.8 Å². The molecule has 1 aromatic heterocycles. The first-order valence-electron chi connectivity index (χ1n) is 5.21. The van der Waals surface area contributed by atoms with Gasteiger partial charge in [0, 0.05) is 32.8 Å². The fourth-order valence-electron chi connectivity index (χ4n) is 1.33. The largest absolute Gasteiger partial charge is 0.385 e. The van der Waals surface area contributed by atoms with E-state index < -0.39 is 0 Å². The third-order valence-electron chi connectivity index (χ3n) is 2.38. The van der Waals surface area contributed by atoms with Crippen molar-refractivity contribution in [3.8, 4) is 0 Å². The fraction of sp³-hybridized carbons (Fsp3) is 0.636. The van der Waals surface area contributed by atoms with Gasteiger partial charge in [-0.05, 0) is 35.2 Å². The minimum absolute atomic E-state index is 0.184. The van der Waals surface area contributed by atoms with E-state index in [-0.39, 0.29) is 6.04 Å². The Morgan fingerprint density at radius 2 is 2.33 bits per heavy atom. The first kappa shape index (κ1) is 12.6. The van der Waals surface area contributed by atoms with Crippen LogP contribution in [0, 0.1) is 6.92 Å². The molecule has 0 fully saturated rings. The first-order valence-corrected chi connectivity index (χ1v) is 6.15. The van der Waals surface area contributed by atoms with Gasteiger partial charge in [-0.1, -0.05) is 0 Å². The summed E-state index contributed by atoms with van der Waals surface area (Å²) in [5, 5.41) is 7.72. The molecule has 4 heteroatoms. The van der Waals surface area contributed by atoms with Crippen LogP contribution in [0.3, 0.4) is 0 Å². The lowest BCUT2D eigenvalue weighted by molar-refractivity contribution is 0.187. The van der Waals surface area contributed by atoms with Crippen LogP contribution in [0.25, 0.3) is 0 Å². The summed E-state index contributed by atoms with van der Waals surface area (Å²) in [6.45, 7) is 4.63. The van der Waals surface area contributed by atoms with Crippen LogP contribution in [-0.2, 0) is 11.3 Å². The quantitative estimate of drug-likeness (QED) is 0.743. The Hall–Kier alpha value is -0.420. The van der Waals surface area contributed by atoms with Gasteiger partial charge in [-0.2, -0.15) is 11.3 Å². The van der Waals surface area contributed by atoms with Gasteiger partial charge in [0.15, 0.2) is 0 Å². The number of aryl methyl sites for hydroxylation is 1. The lowest BCUT2D eigenvalue weighted by atomic mass is 10.2. The molecular formula is C11H20N2OS. The summed E-state index contributed by atoms with van der Waals surface area (Å²) in [4.78, 5) is 0. The Morgan fingerprint density at radius 1 is 1.53 bits per heavy atom. The molecule has 1 unspecified atom stereocenters. The van der Waals surface area contributed by atoms with Crippen molar-refractivity contribution in [2.75, 3.05) is 20.3 Å². The normalized spacial score (nSPS) is 13.0. The summed E-state index contributed by atoms with van der Waals surface area (Å²) >= 11 is 1.75. The highest BCUT2D eigenvalue weighted by molar-refractivity contribution is 7.08. The van der Waals surface area contributed by atoms with Gasteiger partial charge in [0.1, 0.15) is 0 Å². The smallest absolute Gasteiger partial charge is 0.0477 e. The van der Waals surface area contributed by atoms with Crippen LogP contribution in [-0.4, -0.2) is 26.3 Å². The van der Waals surface area contributed by atoms with E-state index in [0.717, 1.165) is 26.1 Å². The minimum atomic E-state index is 0.184. The standard InChI is InChI=1S/C11H20N2OS/c1-9-7-15-8-10(9)5-13-6-11(12)3-4-14-2/h7-8,11,13H,3-6,12H2,1-2H3. The van der Waals surface area contributed by atoms with Gasteiger partial charge >= 0.3 is 0 Å². The molecule has 0 aliphatic heterocycles. The molecule has 1 heterocycles. The van der Waals surface area contributed by atoms with Crippen molar-refractivity contribution >= 4 is 11.3 Å². The van der Waals surface area contributed by atoms with E-state index in [4.69, 9.17) is 10.5 Å². The number of hydrogen-bond donors (Lipinski definition) is 2. The van der Waals surface area contributed by atoms with Crippen molar-refractivity contribution in [3.05, 3.63) is 21.9 Å². The topological polar surface area (TPSA) is 47.3 Å². The summed E-state index contributed by atoms with van der Waals surface area (Å²) in [6, 6.07) is 0.184. The highest BCUT2D eigenvalue weighted by Crippen LogP contribution is 2.12. The maximum absolute atomic E-state index is 5.90. The number of nitrogens with two attached hydrogens (primary N) is 1. The van der Waals surface area contributed by atoms with Crippen LogP contribution in [0.1, 0.15) is 17.5 Å². The highest BCUT2D eigenvalue weighted by Gasteiger charge is 2.03. The molecule has 15 heavy (non-hydrogen) atoms. The highest BCUT2D eigenvalue weighted by atomic mass is 32.1. The van der Waals surface area contributed by atoms with Crippen LogP contribution < -0.4 is 11.1 Å². The maximum Gasteiger partial charge on any atom is 0.0477 e. The van der Waals surface area contributed by atoms with Gasteiger partial charge in [0.25, 0.3) is 0 Å². The van der Waals surface area contributed by atoms with Crippen LogP contribution >= 0.6 is 11.3 Å². The molecule has 1 atom stereocenters. The van der Waals surface area contributed by atoms with Crippen molar-refractivity contribution in [2.24, 2.45) is 5.73 Å². The SMILES string of the molecule is COCCC(N)CNCc1cscc1C. The molecule has 1 rings (SSSR count). The molecule has 1 aromatic rings. The molecule has 0 aliphatic rings. The van der Waals surface area contributed by atoms with E-state index in [1.165, 1.54) is 11.1 Å². The number of methoxy groups -OCH3 is 1. The molecule has 3 nitrogen and oxygen atoms in total. The van der Waals surface area contributed by atoms with Gasteiger partial charge in [-0.25, -0.2) is 0 Å². The fourth-order valence-corrected chi connectivity index (χ4v) is 2.19. The van der Waals surface area contributed by atoms with Crippen molar-refractivity contribution < 1.29 is 4.74 Å². The van der Waals surface area contributed by atoms with E-state index >= 15 is 0 Å². The zero-order chi connectivity index (χ0) is 11.1. The van der Waals surface area contributed by atoms with Crippen molar-refractivity contribution in [1.29, 1.82) is 0 Å². The van der Waals surface area contributed by atoms with Gasteiger partial charge in [0.2, 0.25) is 0 Å². The second-order valence-electron chi connectivity index (χ2n) is 3.75. The number of rotatable bonds is 7. The van der Waals surface area contributed by atoms with E-state index in [9.17, 15) is 0 Å². The Balaban J connectivity index is 2.13. The number of thiophene rings is 1. The van der Waals surface area contributed by atoms with Crippen LogP contribution in [0.5, 0.6) is 0 Å². The van der Waals surface area contributed by atoms with E-state index in [2.05, 4.69) is 23.0 Å². The van der Waals surface area contributed by atoms with Crippen molar-refractivity contribution in [2.45, 2.75) is 25.9 Å². The second kappa shape index (κ2) is 6.95. The molecule has 0 aliphatic carbocycles. The molecule has 86 valence electrons. The Bertz CT molecular complexity index is 275. The molecule has 0 radical (unpaired) electrons. The molecule has 0 saturated carbocycles. The van der Waals surface area contributed by atoms with Crippen LogP contribution in [0.4, 0.5) is 0 Å². The summed E-state index contributed by atoms with van der Waals surface area (Å²) in [5.74, 6) is 0. The van der Waals surface area contributed by atoms with Gasteiger partial charge in [-0.15, -0.1) is 0 Å². The summed E-state index contributed by atoms with van der Waals surface area (Å²) in [6.07, 6.45) is 0.909. The lowest BCUT2D eigenvalue weighted by Gasteiger charge is -2.11. The minimum Gasteiger partial charge on any atom is -0.385 e. The average molecular weight is 228 g/mol. The summed E-state index contributed by atoms with van der Waals surface area (Å²) < 4.78 is 4.98. The number of ether oxygens (including phenoxy) is 1. The van der Waals surface area contributed by atoms with E-state index in [0.29, 0.717) is 0 Å². The molecule has 0 amide bonds. The first-order chi connectivity index (χ1) is 7.24. The molecule has 3 N–H and O–H groups in total. The maximum atomic E-state index is 5.90. The molecule has 0 aromatic carbocycles. The zero-order valence-corrected chi connectivity index (χ0v) is 10.3. The van der Waals surface area contributed by atoms with Gasteiger partial charge in [0.05, 0.1) is 0 Å². The zero-order valence-electron chi connectivity index (χ0n) is 9.45. The van der Waals surface area contributed by atoms with Crippen LogP contribution in [0.2, 0.25) is 0 Å². The van der Waals surface area contributed by atoms with Crippen molar-refractivity contribution in [3.63, 3.8) is 0 Å². The van der Waals surface area contributed by atoms with E-state index in [1.807, 2.05) is 0 Å². The monoisotopic (exact) mass is 228 g/mol. The predicted octanol–water partition coefficient (Wildman–Crippen LogP) is 1.51. The molecular weight excluding hydrogens is 208 g/mol. The Labute approximate surface area is 95.6 Å². The Kier molecular flexibility index (Phi) is 5.86. The Morgan fingerprint density at radius 3 is 2.93 bits per heavy atom. The lowest BCUT2D eigenvalue weighted by Crippen LogP contribution is -2.34. The van der Waals surface area contributed by atoms with E-state index in [1.54, 1.807) is 18.4 Å². The molecule has 0 saturated heterocycles. The molecule has 0 bridgehead atoms. The third kappa shape index (κ3) is 4.75. The molecule has 0 spiro atoms. The average Bonchev–Trinajstić information content (AvgIpc) is 2.61. The second-order valence-corrected chi connectivity index (χ2v) is 4.50. The summed E-state index contributed by atoms with van der Waals surface area (Å²) in [7, 11) is 1.70. The van der Waals surface area contributed by atoms with Gasteiger partial charge < -0.3 is 15.8 Å². The van der Waals surface area contributed by atoms with Gasteiger partial charge in [-0.3, -0.25) is 0 Å². The number of nitrogens with one attached hydrogen (secondary N) is 1. The summed E-state index contributed by atoms with van der Waals surface area (Å²) in [5.41, 5.74) is 8.63. The number of hydrogen-bond acceptors (Lipinski definition) is 4. The third-order valence-corrected chi connectivity index (χ3v) is 3.29.